The summed E-state index contributed by atoms with van der Waals surface area (Å²) in [6.07, 6.45) is 0. The van der Waals surface area contributed by atoms with Crippen molar-refractivity contribution in [3.05, 3.63) is 105 Å². The summed E-state index contributed by atoms with van der Waals surface area (Å²) >= 11 is 1.49. The van der Waals surface area contributed by atoms with E-state index in [2.05, 4.69) is 10.6 Å². The lowest BCUT2D eigenvalue weighted by Crippen LogP contribution is -2.43. The Morgan fingerprint density at radius 1 is 0.935 bits per heavy atom. The molecule has 0 aliphatic carbocycles. The van der Waals surface area contributed by atoms with Gasteiger partial charge in [0.05, 0.1) is 32.4 Å². The molecule has 0 saturated carbocycles. The SMILES string of the molecule is O=C1NC(c2ccccc2)=C(c2nc3ccccc3s2)[C@@H](c2ccccc2[N+](=O)[O-])N1. The van der Waals surface area contributed by atoms with Gasteiger partial charge in [0.25, 0.3) is 5.69 Å². The van der Waals surface area contributed by atoms with Crippen LogP contribution in [0, 0.1) is 10.1 Å². The van der Waals surface area contributed by atoms with Crippen LogP contribution in [0.25, 0.3) is 21.5 Å². The van der Waals surface area contributed by atoms with Gasteiger partial charge >= 0.3 is 6.03 Å². The predicted molar refractivity (Wildman–Crippen MR) is 120 cm³/mol. The lowest BCUT2D eigenvalue weighted by molar-refractivity contribution is -0.385. The summed E-state index contributed by atoms with van der Waals surface area (Å²) in [5.41, 5.74) is 3.27. The summed E-state index contributed by atoms with van der Waals surface area (Å²) in [4.78, 5) is 28.7. The van der Waals surface area contributed by atoms with Crippen LogP contribution in [0.3, 0.4) is 0 Å². The first-order valence-corrected chi connectivity index (χ1v) is 10.4. The third-order valence-electron chi connectivity index (χ3n) is 5.10. The van der Waals surface area contributed by atoms with Gasteiger partial charge in [0.15, 0.2) is 0 Å². The average molecular weight is 428 g/mol. The lowest BCUT2D eigenvalue weighted by atomic mass is 9.92. The fourth-order valence-corrected chi connectivity index (χ4v) is 4.79. The number of rotatable bonds is 4. The Morgan fingerprint density at radius 3 is 2.42 bits per heavy atom. The number of amides is 2. The van der Waals surface area contributed by atoms with E-state index in [1.54, 1.807) is 18.2 Å². The highest BCUT2D eigenvalue weighted by atomic mass is 32.1. The number of para-hydroxylation sites is 2. The van der Waals surface area contributed by atoms with Crippen molar-refractivity contribution in [1.29, 1.82) is 0 Å². The quantitative estimate of drug-likeness (QED) is 0.348. The number of nitrogens with one attached hydrogen (secondary N) is 2. The smallest absolute Gasteiger partial charge is 0.320 e. The van der Waals surface area contributed by atoms with Crippen molar-refractivity contribution in [2.24, 2.45) is 0 Å². The van der Waals surface area contributed by atoms with E-state index < -0.39 is 17.0 Å². The van der Waals surface area contributed by atoms with Crippen LogP contribution in [0.15, 0.2) is 78.9 Å². The molecule has 0 radical (unpaired) electrons. The Kier molecular flexibility index (Phi) is 4.68. The Bertz CT molecular complexity index is 1310. The fourth-order valence-electron chi connectivity index (χ4n) is 3.75. The van der Waals surface area contributed by atoms with E-state index in [9.17, 15) is 14.9 Å². The Balaban J connectivity index is 1.80. The van der Waals surface area contributed by atoms with Crippen molar-refractivity contribution >= 4 is 44.5 Å². The van der Waals surface area contributed by atoms with Gasteiger partial charge in [-0.05, 0) is 23.8 Å². The number of benzene rings is 3. The topological polar surface area (TPSA) is 97.2 Å². The highest BCUT2D eigenvalue weighted by Crippen LogP contribution is 2.42. The molecule has 2 amide bonds. The summed E-state index contributed by atoms with van der Waals surface area (Å²) in [5, 5.41) is 18.2. The zero-order valence-electron chi connectivity index (χ0n) is 16.1. The van der Waals surface area contributed by atoms with Crippen molar-refractivity contribution in [2.75, 3.05) is 0 Å². The van der Waals surface area contributed by atoms with Gasteiger partial charge in [-0.3, -0.25) is 10.1 Å². The van der Waals surface area contributed by atoms with Gasteiger partial charge in [0, 0.05) is 11.6 Å². The maximum Gasteiger partial charge on any atom is 0.320 e. The zero-order chi connectivity index (χ0) is 21.4. The molecule has 0 saturated heterocycles. The molecule has 3 aromatic carbocycles. The van der Waals surface area contributed by atoms with E-state index in [1.807, 2.05) is 54.6 Å². The minimum Gasteiger partial charge on any atom is -0.326 e. The first-order valence-electron chi connectivity index (χ1n) is 9.58. The zero-order valence-corrected chi connectivity index (χ0v) is 16.9. The number of hydrogen-bond acceptors (Lipinski definition) is 5. The largest absolute Gasteiger partial charge is 0.326 e. The van der Waals surface area contributed by atoms with Crippen LogP contribution in [0.1, 0.15) is 22.2 Å². The number of aromatic nitrogens is 1. The van der Waals surface area contributed by atoms with E-state index in [-0.39, 0.29) is 5.69 Å². The number of carbonyl (C=O) groups is 1. The number of fused-ring (bicyclic) bond motifs is 1. The van der Waals surface area contributed by atoms with Crippen LogP contribution in [0.5, 0.6) is 0 Å². The third-order valence-corrected chi connectivity index (χ3v) is 6.17. The number of nitro groups is 1. The first-order chi connectivity index (χ1) is 15.1. The molecule has 0 fully saturated rings. The minimum atomic E-state index is -0.730. The summed E-state index contributed by atoms with van der Waals surface area (Å²) in [7, 11) is 0. The maximum absolute atomic E-state index is 12.6. The molecule has 1 aliphatic rings. The maximum atomic E-state index is 12.6. The van der Waals surface area contributed by atoms with E-state index in [0.29, 0.717) is 21.8 Å². The molecule has 7 nitrogen and oxygen atoms in total. The van der Waals surface area contributed by atoms with Crippen molar-refractivity contribution in [1.82, 2.24) is 15.6 Å². The summed E-state index contributed by atoms with van der Waals surface area (Å²) in [5.74, 6) is 0. The van der Waals surface area contributed by atoms with Crippen LogP contribution in [0.2, 0.25) is 0 Å². The fraction of sp³-hybridized carbons (Fsp3) is 0.0435. The molecule has 5 rings (SSSR count). The van der Waals surface area contributed by atoms with Crippen LogP contribution in [0.4, 0.5) is 10.5 Å². The predicted octanol–water partition coefficient (Wildman–Crippen LogP) is 5.13. The van der Waals surface area contributed by atoms with Crippen molar-refractivity contribution in [3.63, 3.8) is 0 Å². The molecular formula is C23H16N4O3S. The molecule has 152 valence electrons. The molecule has 0 bridgehead atoms. The van der Waals surface area contributed by atoms with Crippen molar-refractivity contribution in [2.45, 2.75) is 6.04 Å². The van der Waals surface area contributed by atoms with Crippen LogP contribution in [-0.4, -0.2) is 15.9 Å². The Hall–Kier alpha value is -4.04. The number of hydrogen-bond donors (Lipinski definition) is 2. The third kappa shape index (κ3) is 3.43. The van der Waals surface area contributed by atoms with Crippen molar-refractivity contribution in [3.8, 4) is 0 Å². The lowest BCUT2D eigenvalue weighted by Gasteiger charge is -2.29. The number of nitrogens with zero attached hydrogens (tertiary/aromatic N) is 2. The number of urea groups is 1. The van der Waals surface area contributed by atoms with Crippen LogP contribution in [-0.2, 0) is 0 Å². The minimum absolute atomic E-state index is 0.0549. The molecule has 0 unspecified atom stereocenters. The molecule has 1 atom stereocenters. The van der Waals surface area contributed by atoms with Gasteiger partial charge in [-0.2, -0.15) is 0 Å². The van der Waals surface area contributed by atoms with Gasteiger partial charge in [-0.25, -0.2) is 9.78 Å². The van der Waals surface area contributed by atoms with Gasteiger partial charge < -0.3 is 10.6 Å². The highest BCUT2D eigenvalue weighted by molar-refractivity contribution is 7.19. The monoisotopic (exact) mass is 428 g/mol. The second-order valence-corrected chi connectivity index (χ2v) is 8.02. The molecular weight excluding hydrogens is 412 g/mol. The Morgan fingerprint density at radius 2 is 1.65 bits per heavy atom. The number of nitro benzene ring substituents is 1. The molecule has 1 aliphatic heterocycles. The highest BCUT2D eigenvalue weighted by Gasteiger charge is 2.35. The summed E-state index contributed by atoms with van der Waals surface area (Å²) in [6.45, 7) is 0. The van der Waals surface area contributed by atoms with Gasteiger partial charge in [0.2, 0.25) is 0 Å². The average Bonchev–Trinajstić information content (AvgIpc) is 3.23. The number of carbonyl (C=O) groups excluding carboxylic acids is 1. The van der Waals surface area contributed by atoms with Gasteiger partial charge in [-0.1, -0.05) is 54.6 Å². The van der Waals surface area contributed by atoms with Gasteiger partial charge in [0.1, 0.15) is 5.01 Å². The molecule has 2 N–H and O–H groups in total. The molecule has 8 heteroatoms. The summed E-state index contributed by atoms with van der Waals surface area (Å²) in [6, 6.07) is 22.5. The summed E-state index contributed by atoms with van der Waals surface area (Å²) < 4.78 is 0.996. The molecule has 1 aromatic heterocycles. The standard InChI is InChI=1S/C23H16N4O3S/c28-23-25-20(14-8-2-1-3-9-14)19(22-24-16-11-5-7-13-18(16)31-22)21(26-23)15-10-4-6-12-17(15)27(29)30/h1-13,21H,(H2,25,26,28)/t21-/m1/s1. The Labute approximate surface area is 181 Å². The molecule has 31 heavy (non-hydrogen) atoms. The van der Waals surface area contributed by atoms with E-state index in [1.165, 1.54) is 17.4 Å². The van der Waals surface area contributed by atoms with Crippen LogP contribution >= 0.6 is 11.3 Å². The second-order valence-electron chi connectivity index (χ2n) is 6.99. The van der Waals surface area contributed by atoms with E-state index >= 15 is 0 Å². The van der Waals surface area contributed by atoms with Crippen molar-refractivity contribution < 1.29 is 9.72 Å². The first kappa shape index (κ1) is 19.0. The van der Waals surface area contributed by atoms with E-state index in [4.69, 9.17) is 4.98 Å². The van der Waals surface area contributed by atoms with E-state index in [0.717, 1.165) is 15.8 Å². The van der Waals surface area contributed by atoms with Crippen LogP contribution < -0.4 is 10.6 Å². The van der Waals surface area contributed by atoms with Gasteiger partial charge in [-0.15, -0.1) is 11.3 Å². The molecule has 0 spiro atoms. The normalized spacial score (nSPS) is 16.1. The number of thiazole rings is 1. The second kappa shape index (κ2) is 7.66. The molecule has 4 aromatic rings. The molecule has 2 heterocycles.